The lowest BCUT2D eigenvalue weighted by molar-refractivity contribution is 0.0531. The maximum Gasteiger partial charge on any atom is 0.348 e. The number of aromatic nitrogens is 5. The van der Waals surface area contributed by atoms with Crippen molar-refractivity contribution in [3.05, 3.63) is 40.1 Å². The number of nitrogens with one attached hydrogen (secondary N) is 2. The molecule has 138 valence electrons. The summed E-state index contributed by atoms with van der Waals surface area (Å²) in [4.78, 5) is 27.5. The molecule has 4 rings (SSSR count). The minimum atomic E-state index is -0.334. The van der Waals surface area contributed by atoms with Gasteiger partial charge in [0.15, 0.2) is 5.82 Å². The van der Waals surface area contributed by atoms with E-state index in [0.717, 1.165) is 20.7 Å². The molecular weight excluding hydrogens is 384 g/mol. The molecule has 0 saturated carbocycles. The molecule has 0 fully saturated rings. The molecule has 0 aliphatic heterocycles. The number of hydrogen-bond acceptors (Lipinski definition) is 9. The largest absolute Gasteiger partial charge is 0.462 e. The maximum atomic E-state index is 12.1. The molecule has 10 heteroatoms. The Morgan fingerprint density at radius 2 is 2.26 bits per heavy atom. The van der Waals surface area contributed by atoms with Crippen molar-refractivity contribution in [3.8, 4) is 10.7 Å². The predicted molar refractivity (Wildman–Crippen MR) is 105 cm³/mol. The van der Waals surface area contributed by atoms with Gasteiger partial charge in [-0.2, -0.15) is 5.10 Å². The summed E-state index contributed by atoms with van der Waals surface area (Å²) >= 11 is 2.90. The Labute approximate surface area is 162 Å². The Morgan fingerprint density at radius 3 is 3.04 bits per heavy atom. The van der Waals surface area contributed by atoms with E-state index in [1.807, 2.05) is 24.4 Å². The number of thiophene rings is 2. The SMILES string of the molecule is CCOC(=O)c1sc2ncnc(NCc3nc(-c4cccs4)n[nH]3)c2c1C. The van der Waals surface area contributed by atoms with E-state index < -0.39 is 0 Å². The van der Waals surface area contributed by atoms with Crippen LogP contribution in [0.25, 0.3) is 20.9 Å². The van der Waals surface area contributed by atoms with Crippen LogP contribution in [0.15, 0.2) is 23.8 Å². The molecule has 8 nitrogen and oxygen atoms in total. The summed E-state index contributed by atoms with van der Waals surface area (Å²) in [6.45, 7) is 4.42. The molecule has 4 aromatic rings. The third-order valence-corrected chi connectivity index (χ3v) is 5.93. The topological polar surface area (TPSA) is 106 Å². The van der Waals surface area contributed by atoms with Crippen LogP contribution in [-0.2, 0) is 11.3 Å². The summed E-state index contributed by atoms with van der Waals surface area (Å²) < 4.78 is 5.13. The number of nitrogens with zero attached hydrogens (tertiary/aromatic N) is 4. The van der Waals surface area contributed by atoms with Crippen LogP contribution in [0.2, 0.25) is 0 Å². The van der Waals surface area contributed by atoms with Crippen molar-refractivity contribution in [2.45, 2.75) is 20.4 Å². The van der Waals surface area contributed by atoms with Crippen molar-refractivity contribution >= 4 is 44.7 Å². The Hall–Kier alpha value is -2.85. The number of aryl methyl sites for hydroxylation is 1. The fourth-order valence-corrected chi connectivity index (χ4v) is 4.35. The third kappa shape index (κ3) is 3.40. The third-order valence-electron chi connectivity index (χ3n) is 3.88. The van der Waals surface area contributed by atoms with Crippen LogP contribution >= 0.6 is 22.7 Å². The molecule has 0 spiro atoms. The van der Waals surface area contributed by atoms with Crippen LogP contribution in [-0.4, -0.2) is 37.7 Å². The Balaban J connectivity index is 1.58. The maximum absolute atomic E-state index is 12.1. The van der Waals surface area contributed by atoms with Crippen molar-refractivity contribution in [2.75, 3.05) is 11.9 Å². The van der Waals surface area contributed by atoms with Crippen LogP contribution < -0.4 is 5.32 Å². The molecule has 0 saturated heterocycles. The van der Waals surface area contributed by atoms with Gasteiger partial charge in [-0.1, -0.05) is 6.07 Å². The average molecular weight is 400 g/mol. The molecular formula is C17H16N6O2S2. The standard InChI is InChI=1S/C17H16N6O2S2/c1-3-25-17(24)13-9(2)12-15(19-8-20-16(12)27-13)18-7-11-21-14(23-22-11)10-5-4-6-26-10/h4-6,8H,3,7H2,1-2H3,(H,18,19,20)(H,21,22,23). The van der Waals surface area contributed by atoms with Gasteiger partial charge in [0, 0.05) is 0 Å². The molecule has 0 unspecified atom stereocenters. The number of carbonyl (C=O) groups is 1. The van der Waals surface area contributed by atoms with Gasteiger partial charge in [-0.3, -0.25) is 5.10 Å². The number of aromatic amines is 1. The van der Waals surface area contributed by atoms with E-state index in [-0.39, 0.29) is 5.97 Å². The minimum absolute atomic E-state index is 0.334. The smallest absolute Gasteiger partial charge is 0.348 e. The van der Waals surface area contributed by atoms with E-state index in [9.17, 15) is 4.79 Å². The first-order valence-electron chi connectivity index (χ1n) is 8.27. The van der Waals surface area contributed by atoms with Crippen molar-refractivity contribution in [2.24, 2.45) is 0 Å². The molecule has 0 aliphatic carbocycles. The van der Waals surface area contributed by atoms with Crippen LogP contribution in [0, 0.1) is 6.92 Å². The van der Waals surface area contributed by atoms with Gasteiger partial charge in [0.05, 0.1) is 23.4 Å². The number of esters is 1. The first kappa shape index (κ1) is 17.6. The summed E-state index contributed by atoms with van der Waals surface area (Å²) in [6.07, 6.45) is 1.48. The van der Waals surface area contributed by atoms with Crippen molar-refractivity contribution in [1.29, 1.82) is 0 Å². The van der Waals surface area contributed by atoms with Gasteiger partial charge in [0.25, 0.3) is 0 Å². The monoisotopic (exact) mass is 400 g/mol. The lowest BCUT2D eigenvalue weighted by Crippen LogP contribution is -2.05. The van der Waals surface area contributed by atoms with Gasteiger partial charge in [0.2, 0.25) is 0 Å². The Bertz CT molecular complexity index is 1090. The fraction of sp³-hybridized carbons (Fsp3) is 0.235. The zero-order valence-corrected chi connectivity index (χ0v) is 16.3. The van der Waals surface area contributed by atoms with Gasteiger partial charge in [-0.05, 0) is 30.9 Å². The first-order valence-corrected chi connectivity index (χ1v) is 9.97. The van der Waals surface area contributed by atoms with E-state index in [2.05, 4.69) is 30.5 Å². The zero-order valence-electron chi connectivity index (χ0n) is 14.6. The lowest BCUT2D eigenvalue weighted by Gasteiger charge is -2.05. The number of hydrogen-bond donors (Lipinski definition) is 2. The molecule has 4 aromatic heterocycles. The van der Waals surface area contributed by atoms with Crippen LogP contribution in [0.1, 0.15) is 28.0 Å². The second-order valence-corrected chi connectivity index (χ2v) is 7.56. The summed E-state index contributed by atoms with van der Waals surface area (Å²) in [5.41, 5.74) is 0.813. The molecule has 0 aromatic carbocycles. The molecule has 0 aliphatic rings. The summed E-state index contributed by atoms with van der Waals surface area (Å²) in [7, 11) is 0. The Morgan fingerprint density at radius 1 is 1.37 bits per heavy atom. The number of H-pyrrole nitrogens is 1. The van der Waals surface area contributed by atoms with Gasteiger partial charge in [-0.25, -0.2) is 19.7 Å². The van der Waals surface area contributed by atoms with Gasteiger partial charge in [0.1, 0.15) is 27.7 Å². The van der Waals surface area contributed by atoms with E-state index in [0.29, 0.717) is 35.5 Å². The molecule has 27 heavy (non-hydrogen) atoms. The molecule has 0 bridgehead atoms. The minimum Gasteiger partial charge on any atom is -0.462 e. The van der Waals surface area contributed by atoms with Crippen molar-refractivity contribution in [1.82, 2.24) is 25.1 Å². The summed E-state index contributed by atoms with van der Waals surface area (Å²) in [5, 5.41) is 13.2. The first-order chi connectivity index (χ1) is 13.2. The van der Waals surface area contributed by atoms with Gasteiger partial charge < -0.3 is 10.1 Å². The highest BCUT2D eigenvalue weighted by Gasteiger charge is 2.20. The van der Waals surface area contributed by atoms with Crippen molar-refractivity contribution < 1.29 is 9.53 Å². The zero-order chi connectivity index (χ0) is 18.8. The predicted octanol–water partition coefficient (Wildman–Crippen LogP) is 3.64. The molecule has 0 radical (unpaired) electrons. The second kappa shape index (κ2) is 7.41. The number of ether oxygens (including phenoxy) is 1. The number of fused-ring (bicyclic) bond motifs is 1. The molecule has 4 heterocycles. The molecule has 0 amide bonds. The highest BCUT2D eigenvalue weighted by Crippen LogP contribution is 2.33. The highest BCUT2D eigenvalue weighted by molar-refractivity contribution is 7.20. The van der Waals surface area contributed by atoms with Crippen LogP contribution in [0.5, 0.6) is 0 Å². The lowest BCUT2D eigenvalue weighted by atomic mass is 10.2. The van der Waals surface area contributed by atoms with Crippen LogP contribution in [0.3, 0.4) is 0 Å². The summed E-state index contributed by atoms with van der Waals surface area (Å²) in [6, 6.07) is 3.94. The van der Waals surface area contributed by atoms with E-state index >= 15 is 0 Å². The fourth-order valence-electron chi connectivity index (χ4n) is 2.65. The Kier molecular flexibility index (Phi) is 4.82. The molecule has 2 N–H and O–H groups in total. The van der Waals surface area contributed by atoms with Gasteiger partial charge >= 0.3 is 5.97 Å². The van der Waals surface area contributed by atoms with E-state index in [4.69, 9.17) is 4.74 Å². The van der Waals surface area contributed by atoms with E-state index in [1.54, 1.807) is 18.3 Å². The highest BCUT2D eigenvalue weighted by atomic mass is 32.1. The number of rotatable bonds is 6. The van der Waals surface area contributed by atoms with Crippen LogP contribution in [0.4, 0.5) is 5.82 Å². The normalized spacial score (nSPS) is 11.0. The molecule has 0 atom stereocenters. The quantitative estimate of drug-likeness (QED) is 0.476. The second-order valence-electron chi connectivity index (χ2n) is 5.62. The summed E-state index contributed by atoms with van der Waals surface area (Å²) in [5.74, 6) is 1.69. The van der Waals surface area contributed by atoms with Crippen molar-refractivity contribution in [3.63, 3.8) is 0 Å². The van der Waals surface area contributed by atoms with Gasteiger partial charge in [-0.15, -0.1) is 22.7 Å². The average Bonchev–Trinajstić information content (AvgIpc) is 3.40. The number of carbonyl (C=O) groups excluding carboxylic acids is 1. The van der Waals surface area contributed by atoms with E-state index in [1.165, 1.54) is 17.7 Å². The number of anilines is 1.